The van der Waals surface area contributed by atoms with Crippen LogP contribution in [0.3, 0.4) is 0 Å². The zero-order valence-electron chi connectivity index (χ0n) is 24.8. The van der Waals surface area contributed by atoms with E-state index in [1.54, 1.807) is 0 Å². The van der Waals surface area contributed by atoms with Gasteiger partial charge in [-0.25, -0.2) is 0 Å². The largest absolute Gasteiger partial charge is 0.460 e. The molecule has 8 heteroatoms. The Bertz CT molecular complexity index is 1390. The standard InChI is InChI=1S/C36H39NO7/c1-39-36-34(42-24-28-18-10-4-11-19-28)33(41-23-27-16-8-3-9-17-27)32(40-22-26-14-6-2-7-15-26)31(44-36)30(37)35(38)43-25-29-20-12-5-13-21-29/h2-21,30-34,36H,22-25,37H2,1H3/t30-,31-,32-,33+,34-,36+/m1/s1. The highest BCUT2D eigenvalue weighted by atomic mass is 16.7. The molecule has 4 aromatic rings. The summed E-state index contributed by atoms with van der Waals surface area (Å²) in [5.74, 6) is -0.618. The normalized spacial score (nSPS) is 22.3. The zero-order chi connectivity index (χ0) is 30.6. The zero-order valence-corrected chi connectivity index (χ0v) is 24.8. The third-order valence-electron chi connectivity index (χ3n) is 7.47. The molecule has 0 amide bonds. The molecule has 0 radical (unpaired) electrons. The molecule has 1 heterocycles. The summed E-state index contributed by atoms with van der Waals surface area (Å²) in [4.78, 5) is 13.3. The van der Waals surface area contributed by atoms with Gasteiger partial charge in [0, 0.05) is 7.11 Å². The van der Waals surface area contributed by atoms with Crippen LogP contribution in [0.1, 0.15) is 22.3 Å². The van der Waals surface area contributed by atoms with Gasteiger partial charge in [0.1, 0.15) is 37.1 Å². The smallest absolute Gasteiger partial charge is 0.326 e. The van der Waals surface area contributed by atoms with Crippen LogP contribution in [0.15, 0.2) is 121 Å². The number of ether oxygens (including phenoxy) is 6. The summed E-state index contributed by atoms with van der Waals surface area (Å²) in [7, 11) is 1.53. The first-order chi connectivity index (χ1) is 21.6. The molecule has 1 saturated heterocycles. The van der Waals surface area contributed by atoms with E-state index in [2.05, 4.69) is 0 Å². The van der Waals surface area contributed by atoms with Gasteiger partial charge in [-0.3, -0.25) is 4.79 Å². The van der Waals surface area contributed by atoms with Gasteiger partial charge in [-0.15, -0.1) is 0 Å². The predicted octanol–water partition coefficient (Wildman–Crippen LogP) is 5.18. The molecule has 0 aliphatic carbocycles. The van der Waals surface area contributed by atoms with Crippen molar-refractivity contribution in [2.75, 3.05) is 7.11 Å². The van der Waals surface area contributed by atoms with E-state index in [9.17, 15) is 4.79 Å². The Morgan fingerprint density at radius 2 is 1.00 bits per heavy atom. The van der Waals surface area contributed by atoms with Gasteiger partial charge in [-0.2, -0.15) is 0 Å². The third-order valence-corrected chi connectivity index (χ3v) is 7.47. The second-order valence-electron chi connectivity index (χ2n) is 10.6. The molecular weight excluding hydrogens is 558 g/mol. The number of esters is 1. The van der Waals surface area contributed by atoms with Gasteiger partial charge in [-0.05, 0) is 22.3 Å². The minimum atomic E-state index is -1.19. The second-order valence-corrected chi connectivity index (χ2v) is 10.6. The minimum Gasteiger partial charge on any atom is -0.460 e. The van der Waals surface area contributed by atoms with Gasteiger partial charge in [0.15, 0.2) is 6.29 Å². The van der Waals surface area contributed by atoms with E-state index in [1.807, 2.05) is 121 Å². The average Bonchev–Trinajstić information content (AvgIpc) is 3.09. The van der Waals surface area contributed by atoms with Crippen molar-refractivity contribution in [1.29, 1.82) is 0 Å². The summed E-state index contributed by atoms with van der Waals surface area (Å²) >= 11 is 0. The minimum absolute atomic E-state index is 0.0834. The van der Waals surface area contributed by atoms with Crippen LogP contribution in [-0.2, 0) is 59.6 Å². The number of carbonyl (C=O) groups excluding carboxylic acids is 1. The molecule has 8 nitrogen and oxygen atoms in total. The van der Waals surface area contributed by atoms with Crippen LogP contribution >= 0.6 is 0 Å². The van der Waals surface area contributed by atoms with Gasteiger partial charge >= 0.3 is 5.97 Å². The van der Waals surface area contributed by atoms with Crippen LogP contribution in [-0.4, -0.2) is 49.8 Å². The second kappa shape index (κ2) is 16.3. The lowest BCUT2D eigenvalue weighted by molar-refractivity contribution is -0.320. The van der Waals surface area contributed by atoms with E-state index < -0.39 is 42.7 Å². The van der Waals surface area contributed by atoms with Crippen LogP contribution < -0.4 is 5.73 Å². The van der Waals surface area contributed by atoms with Crippen molar-refractivity contribution < 1.29 is 33.2 Å². The lowest BCUT2D eigenvalue weighted by Crippen LogP contribution is -2.66. The third kappa shape index (κ3) is 8.60. The van der Waals surface area contributed by atoms with E-state index in [-0.39, 0.29) is 19.8 Å². The highest BCUT2D eigenvalue weighted by molar-refractivity contribution is 5.76. The van der Waals surface area contributed by atoms with Crippen LogP contribution in [0.2, 0.25) is 0 Å². The number of carbonyl (C=O) groups is 1. The van der Waals surface area contributed by atoms with Crippen molar-refractivity contribution in [3.8, 4) is 0 Å². The number of hydrogen-bond donors (Lipinski definition) is 1. The first-order valence-electron chi connectivity index (χ1n) is 14.7. The van der Waals surface area contributed by atoms with E-state index in [1.165, 1.54) is 7.11 Å². The number of benzene rings is 4. The summed E-state index contributed by atoms with van der Waals surface area (Å²) in [5, 5.41) is 0. The van der Waals surface area contributed by atoms with Crippen molar-refractivity contribution in [3.63, 3.8) is 0 Å². The molecule has 5 rings (SSSR count). The SMILES string of the molecule is CO[C@H]1O[C@H]([C@@H](N)C(=O)OCc2ccccc2)[C@@H](OCc2ccccc2)[C@H](OCc2ccccc2)[C@H]1OCc1ccccc1. The number of nitrogens with two attached hydrogens (primary N) is 1. The molecular formula is C36H39NO7. The summed E-state index contributed by atoms with van der Waals surface area (Å²) < 4.78 is 37.3. The van der Waals surface area contributed by atoms with E-state index in [0.29, 0.717) is 6.61 Å². The molecule has 4 aromatic carbocycles. The Kier molecular flexibility index (Phi) is 11.7. The summed E-state index contributed by atoms with van der Waals surface area (Å²) in [6.07, 6.45) is -4.06. The highest BCUT2D eigenvalue weighted by Crippen LogP contribution is 2.32. The molecule has 2 N–H and O–H groups in total. The quantitative estimate of drug-likeness (QED) is 0.199. The van der Waals surface area contributed by atoms with Crippen molar-refractivity contribution in [3.05, 3.63) is 144 Å². The predicted molar refractivity (Wildman–Crippen MR) is 165 cm³/mol. The molecule has 0 unspecified atom stereocenters. The monoisotopic (exact) mass is 597 g/mol. The molecule has 1 aliphatic heterocycles. The number of rotatable bonds is 14. The van der Waals surface area contributed by atoms with Gasteiger partial charge < -0.3 is 34.2 Å². The Morgan fingerprint density at radius 1 is 0.614 bits per heavy atom. The number of methoxy groups -OCH3 is 1. The fourth-order valence-electron chi connectivity index (χ4n) is 5.13. The fraction of sp³-hybridized carbons (Fsp3) is 0.306. The topological polar surface area (TPSA) is 98.5 Å². The Hall–Kier alpha value is -3.89. The van der Waals surface area contributed by atoms with Gasteiger partial charge in [0.2, 0.25) is 0 Å². The Labute approximate surface area is 258 Å². The Balaban J connectivity index is 1.42. The highest BCUT2D eigenvalue weighted by Gasteiger charge is 2.52. The maximum absolute atomic E-state index is 13.3. The van der Waals surface area contributed by atoms with Gasteiger partial charge in [0.05, 0.1) is 19.8 Å². The van der Waals surface area contributed by atoms with E-state index in [0.717, 1.165) is 22.3 Å². The molecule has 0 spiro atoms. The Morgan fingerprint density at radius 3 is 1.43 bits per heavy atom. The van der Waals surface area contributed by atoms with Crippen LogP contribution in [0, 0.1) is 0 Å². The molecule has 6 atom stereocenters. The molecule has 0 aromatic heterocycles. The van der Waals surface area contributed by atoms with Gasteiger partial charge in [-0.1, -0.05) is 121 Å². The van der Waals surface area contributed by atoms with Crippen molar-refractivity contribution >= 4 is 5.97 Å². The van der Waals surface area contributed by atoms with Crippen LogP contribution in [0.5, 0.6) is 0 Å². The summed E-state index contributed by atoms with van der Waals surface area (Å²) in [5.41, 5.74) is 10.3. The molecule has 1 aliphatic rings. The van der Waals surface area contributed by atoms with E-state index >= 15 is 0 Å². The molecule has 0 saturated carbocycles. The lowest BCUT2D eigenvalue weighted by Gasteiger charge is -2.46. The van der Waals surface area contributed by atoms with Gasteiger partial charge in [0.25, 0.3) is 0 Å². The average molecular weight is 598 g/mol. The first-order valence-corrected chi connectivity index (χ1v) is 14.7. The van der Waals surface area contributed by atoms with Crippen molar-refractivity contribution in [1.82, 2.24) is 0 Å². The molecule has 1 fully saturated rings. The molecule has 0 bridgehead atoms. The number of hydrogen-bond acceptors (Lipinski definition) is 8. The molecule has 230 valence electrons. The summed E-state index contributed by atoms with van der Waals surface area (Å²) in [6, 6.07) is 37.6. The van der Waals surface area contributed by atoms with Crippen LogP contribution in [0.25, 0.3) is 0 Å². The molecule has 44 heavy (non-hydrogen) atoms. The van der Waals surface area contributed by atoms with Crippen LogP contribution in [0.4, 0.5) is 0 Å². The lowest BCUT2D eigenvalue weighted by atomic mass is 9.93. The first kappa shape index (κ1) is 31.5. The maximum Gasteiger partial charge on any atom is 0.326 e. The van der Waals surface area contributed by atoms with Crippen molar-refractivity contribution in [2.24, 2.45) is 5.73 Å². The maximum atomic E-state index is 13.3. The van der Waals surface area contributed by atoms with E-state index in [4.69, 9.17) is 34.2 Å². The van der Waals surface area contributed by atoms with Crippen molar-refractivity contribution in [2.45, 2.75) is 63.2 Å². The summed E-state index contributed by atoms with van der Waals surface area (Å²) in [6.45, 7) is 0.894. The fourth-order valence-corrected chi connectivity index (χ4v) is 5.13.